The van der Waals surface area contributed by atoms with Crippen molar-refractivity contribution >= 4 is 11.9 Å². The first-order chi connectivity index (χ1) is 9.04. The monoisotopic (exact) mass is 268 g/mol. The van der Waals surface area contributed by atoms with Crippen molar-refractivity contribution < 1.29 is 23.8 Å². The predicted octanol–water partition coefficient (Wildman–Crippen LogP) is 1.77. The van der Waals surface area contributed by atoms with Crippen molar-refractivity contribution in [3.05, 3.63) is 23.8 Å². The van der Waals surface area contributed by atoms with Crippen molar-refractivity contribution in [2.24, 2.45) is 0 Å². The van der Waals surface area contributed by atoms with Crippen molar-refractivity contribution in [2.45, 2.75) is 32.8 Å². The van der Waals surface area contributed by atoms with Gasteiger partial charge in [0.05, 0.1) is 13.2 Å². The van der Waals surface area contributed by atoms with Gasteiger partial charge >= 0.3 is 11.9 Å². The zero-order valence-corrected chi connectivity index (χ0v) is 11.4. The lowest BCUT2D eigenvalue weighted by Gasteiger charge is -2.11. The van der Waals surface area contributed by atoms with Gasteiger partial charge in [0.2, 0.25) is 0 Å². The molecule has 0 spiro atoms. The van der Waals surface area contributed by atoms with Crippen LogP contribution in [0.3, 0.4) is 0 Å². The summed E-state index contributed by atoms with van der Waals surface area (Å²) in [6.45, 7) is 8.44. The van der Waals surface area contributed by atoms with Crippen LogP contribution in [-0.2, 0) is 23.8 Å². The van der Waals surface area contributed by atoms with Crippen LogP contribution in [0.25, 0.3) is 0 Å². The molecule has 0 radical (unpaired) electrons. The highest BCUT2D eigenvalue weighted by Gasteiger charge is 2.24. The van der Waals surface area contributed by atoms with Crippen molar-refractivity contribution in [3.63, 3.8) is 0 Å². The third kappa shape index (κ3) is 6.20. The maximum atomic E-state index is 10.7. The lowest BCUT2D eigenvalue weighted by Crippen LogP contribution is -2.11. The molecule has 1 unspecified atom stereocenters. The second-order valence-electron chi connectivity index (χ2n) is 4.32. The van der Waals surface area contributed by atoms with E-state index in [4.69, 9.17) is 14.2 Å². The molecule has 5 heteroatoms. The Balaban J connectivity index is 0.000000191. The fraction of sp³-hybridized carbons (Fsp3) is 0.571. The minimum Gasteiger partial charge on any atom is -0.463 e. The average Bonchev–Trinajstić information content (AvgIpc) is 3.08. The number of rotatable bonds is 5. The number of epoxide rings is 1. The van der Waals surface area contributed by atoms with E-state index < -0.39 is 0 Å². The molecular formula is C14H20O5. The Labute approximate surface area is 113 Å². The van der Waals surface area contributed by atoms with Crippen LogP contribution >= 0.6 is 0 Å². The van der Waals surface area contributed by atoms with E-state index in [1.165, 1.54) is 0 Å². The van der Waals surface area contributed by atoms with Gasteiger partial charge in [-0.2, -0.15) is 0 Å². The van der Waals surface area contributed by atoms with Gasteiger partial charge in [0.25, 0.3) is 0 Å². The maximum absolute atomic E-state index is 10.7. The van der Waals surface area contributed by atoms with Crippen LogP contribution in [0.2, 0.25) is 0 Å². The predicted molar refractivity (Wildman–Crippen MR) is 69.5 cm³/mol. The van der Waals surface area contributed by atoms with E-state index in [0.717, 1.165) is 18.4 Å². The molecule has 0 amide bonds. The van der Waals surface area contributed by atoms with Crippen LogP contribution < -0.4 is 0 Å². The minimum absolute atomic E-state index is 0.135. The smallest absolute Gasteiger partial charge is 0.333 e. The number of hydrogen-bond donors (Lipinski definition) is 0. The first-order valence-corrected chi connectivity index (χ1v) is 6.35. The van der Waals surface area contributed by atoms with Gasteiger partial charge in [0.15, 0.2) is 0 Å². The topological polar surface area (TPSA) is 65.1 Å². The summed E-state index contributed by atoms with van der Waals surface area (Å²) in [4.78, 5) is 21.4. The normalized spacial score (nSPS) is 19.1. The summed E-state index contributed by atoms with van der Waals surface area (Å²) >= 11 is 0. The number of carbonyl (C=O) groups is 2. The lowest BCUT2D eigenvalue weighted by molar-refractivity contribution is -0.140. The Hall–Kier alpha value is -1.62. The summed E-state index contributed by atoms with van der Waals surface area (Å²) in [5, 5.41) is 0. The molecule has 0 bridgehead atoms. The fourth-order valence-electron chi connectivity index (χ4n) is 1.15. The van der Waals surface area contributed by atoms with E-state index >= 15 is 0 Å². The highest BCUT2D eigenvalue weighted by molar-refractivity contribution is 5.89. The van der Waals surface area contributed by atoms with Gasteiger partial charge in [-0.25, -0.2) is 9.59 Å². The molecule has 0 aromatic heterocycles. The Morgan fingerprint density at radius 1 is 1.47 bits per heavy atom. The standard InChI is InChI=1S/C7H10O3.C7H10O2/c1-5(2)7(8)10-4-6-3-9-6;1-2-9-7(8)6-4-3-5-6/h6H,1,3-4H2,2H3;4H,2-3,5H2,1H3. The van der Waals surface area contributed by atoms with Crippen LogP contribution in [-0.4, -0.2) is 37.9 Å². The van der Waals surface area contributed by atoms with Gasteiger partial charge in [0.1, 0.15) is 12.7 Å². The number of carbonyl (C=O) groups excluding carboxylic acids is 2. The van der Waals surface area contributed by atoms with Crippen LogP contribution in [0.15, 0.2) is 23.8 Å². The highest BCUT2D eigenvalue weighted by Crippen LogP contribution is 2.18. The van der Waals surface area contributed by atoms with E-state index in [-0.39, 0.29) is 18.0 Å². The van der Waals surface area contributed by atoms with Crippen molar-refractivity contribution in [1.29, 1.82) is 0 Å². The molecule has 1 atom stereocenters. The third-order valence-electron chi connectivity index (χ3n) is 2.49. The number of allylic oxidation sites excluding steroid dienone is 1. The molecule has 0 aromatic carbocycles. The zero-order valence-electron chi connectivity index (χ0n) is 11.4. The van der Waals surface area contributed by atoms with Crippen LogP contribution in [0.5, 0.6) is 0 Å². The Morgan fingerprint density at radius 3 is 2.47 bits per heavy atom. The van der Waals surface area contributed by atoms with Gasteiger partial charge < -0.3 is 14.2 Å². The molecule has 0 aromatic rings. The molecule has 1 heterocycles. The molecule has 2 rings (SSSR count). The summed E-state index contributed by atoms with van der Waals surface area (Å²) in [5.74, 6) is -0.473. The van der Waals surface area contributed by atoms with Crippen LogP contribution in [0, 0.1) is 0 Å². The summed E-state index contributed by atoms with van der Waals surface area (Å²) in [7, 11) is 0. The molecule has 5 nitrogen and oxygen atoms in total. The maximum Gasteiger partial charge on any atom is 0.333 e. The number of hydrogen-bond acceptors (Lipinski definition) is 5. The van der Waals surface area contributed by atoms with Crippen molar-refractivity contribution in [2.75, 3.05) is 19.8 Å². The van der Waals surface area contributed by atoms with E-state index in [1.54, 1.807) is 6.92 Å². The van der Waals surface area contributed by atoms with E-state index in [9.17, 15) is 9.59 Å². The van der Waals surface area contributed by atoms with Gasteiger partial charge in [-0.1, -0.05) is 12.7 Å². The molecule has 2 aliphatic rings. The molecule has 1 aliphatic heterocycles. The highest BCUT2D eigenvalue weighted by atomic mass is 16.6. The molecule has 106 valence electrons. The van der Waals surface area contributed by atoms with E-state index in [2.05, 4.69) is 6.58 Å². The largest absolute Gasteiger partial charge is 0.463 e. The SMILES string of the molecule is C=C(C)C(=O)OCC1CO1.CCOC(=O)C1=CCC1. The molecule has 0 saturated carbocycles. The second-order valence-corrected chi connectivity index (χ2v) is 4.32. The quantitative estimate of drug-likeness (QED) is 0.432. The summed E-state index contributed by atoms with van der Waals surface area (Å²) in [6.07, 6.45) is 3.99. The Bertz CT molecular complexity index is 379. The third-order valence-corrected chi connectivity index (χ3v) is 2.49. The fourth-order valence-corrected chi connectivity index (χ4v) is 1.15. The molecule has 19 heavy (non-hydrogen) atoms. The zero-order chi connectivity index (χ0) is 14.3. The first kappa shape index (κ1) is 15.4. The number of esters is 2. The Kier molecular flexibility index (Phi) is 6.29. The molecule has 1 saturated heterocycles. The van der Waals surface area contributed by atoms with Gasteiger partial charge in [-0.15, -0.1) is 0 Å². The van der Waals surface area contributed by atoms with Crippen molar-refractivity contribution in [3.8, 4) is 0 Å². The first-order valence-electron chi connectivity index (χ1n) is 6.35. The summed E-state index contributed by atoms with van der Waals surface area (Å²) in [6, 6.07) is 0. The minimum atomic E-state index is -0.337. The second kappa shape index (κ2) is 7.74. The van der Waals surface area contributed by atoms with E-state index in [0.29, 0.717) is 25.4 Å². The average molecular weight is 268 g/mol. The van der Waals surface area contributed by atoms with Gasteiger partial charge in [-0.3, -0.25) is 0 Å². The molecule has 1 aliphatic carbocycles. The van der Waals surface area contributed by atoms with Gasteiger partial charge in [-0.05, 0) is 26.7 Å². The molecular weight excluding hydrogens is 248 g/mol. The van der Waals surface area contributed by atoms with Gasteiger partial charge in [0, 0.05) is 11.1 Å². The van der Waals surface area contributed by atoms with E-state index in [1.807, 2.05) is 13.0 Å². The molecule has 0 N–H and O–H groups in total. The van der Waals surface area contributed by atoms with Crippen LogP contribution in [0.4, 0.5) is 0 Å². The lowest BCUT2D eigenvalue weighted by atomic mass is 10.00. The van der Waals surface area contributed by atoms with Crippen molar-refractivity contribution in [1.82, 2.24) is 0 Å². The Morgan fingerprint density at radius 2 is 2.11 bits per heavy atom. The molecule has 1 fully saturated rings. The summed E-state index contributed by atoms with van der Waals surface area (Å²) < 4.78 is 14.3. The summed E-state index contributed by atoms with van der Waals surface area (Å²) in [5.41, 5.74) is 1.28. The van der Waals surface area contributed by atoms with Crippen LogP contribution in [0.1, 0.15) is 26.7 Å². The number of ether oxygens (including phenoxy) is 3.